The first-order chi connectivity index (χ1) is 8.66. The monoisotopic (exact) mass is 241 g/mol. The van der Waals surface area contributed by atoms with Crippen molar-refractivity contribution >= 4 is 22.2 Å². The number of non-ortho nitro benzene ring substituents is 1. The molecular weight excluding hydrogens is 234 g/mol. The average molecular weight is 241 g/mol. The highest BCUT2D eigenvalue weighted by molar-refractivity contribution is 5.81. The third-order valence-corrected chi connectivity index (χ3v) is 2.71. The predicted octanol–water partition coefficient (Wildman–Crippen LogP) is 1.76. The summed E-state index contributed by atoms with van der Waals surface area (Å²) in [5.41, 5.74) is 0.496. The topological polar surface area (TPSA) is 77.5 Å². The van der Waals surface area contributed by atoms with Crippen molar-refractivity contribution in [1.29, 1.82) is 0 Å². The SMILES string of the molecule is O=c1c2ccc([N+](=O)[O-])cc2nc2ccccn12. The van der Waals surface area contributed by atoms with Crippen LogP contribution in [-0.4, -0.2) is 14.3 Å². The molecule has 0 bridgehead atoms. The summed E-state index contributed by atoms with van der Waals surface area (Å²) in [6.07, 6.45) is 1.62. The number of rotatable bonds is 1. The van der Waals surface area contributed by atoms with Crippen molar-refractivity contribution in [2.24, 2.45) is 0 Å². The molecule has 0 amide bonds. The third kappa shape index (κ3) is 1.43. The summed E-state index contributed by atoms with van der Waals surface area (Å²) in [7, 11) is 0. The zero-order chi connectivity index (χ0) is 12.7. The van der Waals surface area contributed by atoms with Crippen LogP contribution in [0.2, 0.25) is 0 Å². The van der Waals surface area contributed by atoms with Crippen LogP contribution in [0.3, 0.4) is 0 Å². The lowest BCUT2D eigenvalue weighted by Crippen LogP contribution is -2.14. The molecule has 88 valence electrons. The minimum atomic E-state index is -0.506. The minimum absolute atomic E-state index is 0.0744. The fourth-order valence-electron chi connectivity index (χ4n) is 1.86. The molecular formula is C12H7N3O3. The average Bonchev–Trinajstić information content (AvgIpc) is 2.38. The minimum Gasteiger partial charge on any atom is -0.268 e. The predicted molar refractivity (Wildman–Crippen MR) is 65.6 cm³/mol. The number of benzene rings is 1. The van der Waals surface area contributed by atoms with E-state index in [2.05, 4.69) is 4.98 Å². The Hall–Kier alpha value is -2.76. The molecule has 3 rings (SSSR count). The zero-order valence-electron chi connectivity index (χ0n) is 9.11. The lowest BCUT2D eigenvalue weighted by Gasteiger charge is -2.02. The summed E-state index contributed by atoms with van der Waals surface area (Å²) in [5, 5.41) is 11.1. The van der Waals surface area contributed by atoms with Gasteiger partial charge in [-0.25, -0.2) is 4.98 Å². The highest BCUT2D eigenvalue weighted by Crippen LogP contribution is 2.17. The van der Waals surface area contributed by atoms with Gasteiger partial charge in [-0.05, 0) is 18.2 Å². The Balaban J connectivity index is 2.48. The molecule has 18 heavy (non-hydrogen) atoms. The zero-order valence-corrected chi connectivity index (χ0v) is 9.11. The standard InChI is InChI=1S/C12H7N3O3/c16-12-9-5-4-8(15(17)18)7-10(9)13-11-3-1-2-6-14(11)12/h1-7H. The van der Waals surface area contributed by atoms with Gasteiger partial charge in [-0.3, -0.25) is 19.3 Å². The van der Waals surface area contributed by atoms with Crippen molar-refractivity contribution in [2.45, 2.75) is 0 Å². The second kappa shape index (κ2) is 3.63. The van der Waals surface area contributed by atoms with Gasteiger partial charge >= 0.3 is 0 Å². The van der Waals surface area contributed by atoms with Crippen LogP contribution in [-0.2, 0) is 0 Å². The quantitative estimate of drug-likeness (QED) is 0.369. The lowest BCUT2D eigenvalue weighted by atomic mass is 10.2. The van der Waals surface area contributed by atoms with E-state index in [4.69, 9.17) is 0 Å². The van der Waals surface area contributed by atoms with Crippen LogP contribution in [0.25, 0.3) is 16.6 Å². The maximum Gasteiger partial charge on any atom is 0.271 e. The molecule has 1 aromatic carbocycles. The van der Waals surface area contributed by atoms with Gasteiger partial charge in [0.2, 0.25) is 0 Å². The molecule has 2 heterocycles. The van der Waals surface area contributed by atoms with Crippen LogP contribution in [0.15, 0.2) is 47.4 Å². The first-order valence-corrected chi connectivity index (χ1v) is 5.22. The van der Waals surface area contributed by atoms with Crippen molar-refractivity contribution in [3.8, 4) is 0 Å². The molecule has 0 spiro atoms. The Bertz CT molecular complexity index is 839. The molecule has 0 N–H and O–H groups in total. The molecule has 0 atom stereocenters. The molecule has 0 aliphatic heterocycles. The molecule has 0 fully saturated rings. The fraction of sp³-hybridized carbons (Fsp3) is 0. The van der Waals surface area contributed by atoms with E-state index in [9.17, 15) is 14.9 Å². The van der Waals surface area contributed by atoms with Crippen LogP contribution < -0.4 is 5.56 Å². The molecule has 0 saturated carbocycles. The Morgan fingerprint density at radius 2 is 2.06 bits per heavy atom. The van der Waals surface area contributed by atoms with Gasteiger partial charge in [0.15, 0.2) is 0 Å². The number of nitrogens with zero attached hydrogens (tertiary/aromatic N) is 3. The maximum atomic E-state index is 12.1. The summed E-state index contributed by atoms with van der Waals surface area (Å²) >= 11 is 0. The van der Waals surface area contributed by atoms with Gasteiger partial charge < -0.3 is 0 Å². The van der Waals surface area contributed by atoms with E-state index in [-0.39, 0.29) is 11.2 Å². The Kier molecular flexibility index (Phi) is 2.09. The molecule has 0 aliphatic carbocycles. The summed E-state index contributed by atoms with van der Waals surface area (Å²) in [6.45, 7) is 0. The number of fused-ring (bicyclic) bond motifs is 2. The van der Waals surface area contributed by atoms with Gasteiger partial charge in [0.1, 0.15) is 5.65 Å². The first kappa shape index (κ1) is 10.4. The molecule has 0 unspecified atom stereocenters. The molecule has 2 aromatic heterocycles. The Morgan fingerprint density at radius 1 is 1.22 bits per heavy atom. The molecule has 6 nitrogen and oxygen atoms in total. The van der Waals surface area contributed by atoms with E-state index in [0.29, 0.717) is 16.6 Å². The van der Waals surface area contributed by atoms with E-state index < -0.39 is 4.92 Å². The van der Waals surface area contributed by atoms with Crippen LogP contribution in [0.4, 0.5) is 5.69 Å². The van der Waals surface area contributed by atoms with Crippen molar-refractivity contribution in [1.82, 2.24) is 9.38 Å². The van der Waals surface area contributed by atoms with Gasteiger partial charge in [0.25, 0.3) is 11.2 Å². The van der Waals surface area contributed by atoms with Crippen LogP contribution in [0, 0.1) is 10.1 Å². The van der Waals surface area contributed by atoms with E-state index in [1.165, 1.54) is 22.6 Å². The Morgan fingerprint density at radius 3 is 2.83 bits per heavy atom. The maximum absolute atomic E-state index is 12.1. The molecule has 0 aliphatic rings. The van der Waals surface area contributed by atoms with Gasteiger partial charge in [0.05, 0.1) is 15.8 Å². The second-order valence-electron chi connectivity index (χ2n) is 3.80. The number of nitro benzene ring substituents is 1. The largest absolute Gasteiger partial charge is 0.271 e. The lowest BCUT2D eigenvalue weighted by molar-refractivity contribution is -0.384. The van der Waals surface area contributed by atoms with Crippen molar-refractivity contribution in [3.05, 3.63) is 63.1 Å². The highest BCUT2D eigenvalue weighted by atomic mass is 16.6. The van der Waals surface area contributed by atoms with Gasteiger partial charge in [-0.15, -0.1) is 0 Å². The second-order valence-corrected chi connectivity index (χ2v) is 3.80. The van der Waals surface area contributed by atoms with E-state index in [1.54, 1.807) is 24.4 Å². The number of aromatic nitrogens is 2. The van der Waals surface area contributed by atoms with Crippen molar-refractivity contribution in [2.75, 3.05) is 0 Å². The van der Waals surface area contributed by atoms with E-state index >= 15 is 0 Å². The van der Waals surface area contributed by atoms with Crippen LogP contribution >= 0.6 is 0 Å². The van der Waals surface area contributed by atoms with Crippen molar-refractivity contribution < 1.29 is 4.92 Å². The van der Waals surface area contributed by atoms with Gasteiger partial charge in [-0.1, -0.05) is 6.07 Å². The number of hydrogen-bond donors (Lipinski definition) is 0. The molecule has 3 aromatic rings. The fourth-order valence-corrected chi connectivity index (χ4v) is 1.86. The molecule has 6 heteroatoms. The molecule has 0 saturated heterocycles. The number of nitro groups is 1. The summed E-state index contributed by atoms with van der Waals surface area (Å²) < 4.78 is 1.41. The van der Waals surface area contributed by atoms with E-state index in [1.807, 2.05) is 0 Å². The normalized spacial score (nSPS) is 10.9. The number of pyridine rings is 1. The summed E-state index contributed by atoms with van der Waals surface area (Å²) in [6, 6.07) is 9.21. The number of hydrogen-bond acceptors (Lipinski definition) is 4. The summed E-state index contributed by atoms with van der Waals surface area (Å²) in [5.74, 6) is 0. The van der Waals surface area contributed by atoms with E-state index in [0.717, 1.165) is 0 Å². The van der Waals surface area contributed by atoms with Crippen molar-refractivity contribution in [3.63, 3.8) is 0 Å². The Labute approximate surface area is 100 Å². The molecule has 0 radical (unpaired) electrons. The third-order valence-electron chi connectivity index (χ3n) is 2.71. The smallest absolute Gasteiger partial charge is 0.268 e. The van der Waals surface area contributed by atoms with Gasteiger partial charge in [-0.2, -0.15) is 0 Å². The first-order valence-electron chi connectivity index (χ1n) is 5.22. The summed E-state index contributed by atoms with van der Waals surface area (Å²) in [4.78, 5) is 26.5. The van der Waals surface area contributed by atoms with Crippen LogP contribution in [0.5, 0.6) is 0 Å². The van der Waals surface area contributed by atoms with Crippen LogP contribution in [0.1, 0.15) is 0 Å². The van der Waals surface area contributed by atoms with Gasteiger partial charge in [0, 0.05) is 18.3 Å². The highest BCUT2D eigenvalue weighted by Gasteiger charge is 2.10.